The fourth-order valence-corrected chi connectivity index (χ4v) is 1.44. The van der Waals surface area contributed by atoms with E-state index in [2.05, 4.69) is 0 Å². The van der Waals surface area contributed by atoms with Crippen molar-refractivity contribution >= 4 is 5.97 Å². The Morgan fingerprint density at radius 2 is 2.21 bits per heavy atom. The Morgan fingerprint density at radius 1 is 1.57 bits per heavy atom. The highest BCUT2D eigenvalue weighted by Gasteiger charge is 2.17. The zero-order valence-corrected chi connectivity index (χ0v) is 8.25. The van der Waals surface area contributed by atoms with E-state index in [1.54, 1.807) is 19.9 Å². The smallest absolute Gasteiger partial charge is 0.310 e. The molecule has 0 aromatic heterocycles. The first-order valence-electron chi connectivity index (χ1n) is 4.55. The van der Waals surface area contributed by atoms with E-state index in [1.807, 2.05) is 0 Å². The summed E-state index contributed by atoms with van der Waals surface area (Å²) in [6.07, 6.45) is 0.514. The van der Waals surface area contributed by atoms with Crippen molar-refractivity contribution in [1.29, 1.82) is 0 Å². The van der Waals surface area contributed by atoms with Crippen LogP contribution < -0.4 is 0 Å². The number of hydrogen-bond acceptors (Lipinski definition) is 1. The number of aryl methyl sites for hydroxylation is 1. The molecule has 0 aliphatic carbocycles. The Balaban J connectivity index is 3.06. The van der Waals surface area contributed by atoms with Crippen LogP contribution in [0.5, 0.6) is 0 Å². The van der Waals surface area contributed by atoms with E-state index in [-0.39, 0.29) is 5.82 Å². The topological polar surface area (TPSA) is 37.3 Å². The van der Waals surface area contributed by atoms with Gasteiger partial charge in [-0.05, 0) is 30.5 Å². The van der Waals surface area contributed by atoms with Crippen LogP contribution in [-0.2, 0) is 4.79 Å². The molecule has 1 aromatic carbocycles. The fraction of sp³-hybridized carbons (Fsp3) is 0.364. The van der Waals surface area contributed by atoms with Crippen LogP contribution in [0.15, 0.2) is 18.2 Å². The SMILES string of the molecule is CCC(C(=O)O)c1ccc(F)c(C)c1. The van der Waals surface area contributed by atoms with Crippen molar-refractivity contribution in [2.24, 2.45) is 0 Å². The summed E-state index contributed by atoms with van der Waals surface area (Å²) in [6.45, 7) is 3.44. The van der Waals surface area contributed by atoms with E-state index >= 15 is 0 Å². The predicted octanol–water partition coefficient (Wildman–Crippen LogP) is 2.71. The van der Waals surface area contributed by atoms with Gasteiger partial charge in [-0.3, -0.25) is 4.79 Å². The van der Waals surface area contributed by atoms with Crippen LogP contribution in [0.1, 0.15) is 30.4 Å². The summed E-state index contributed by atoms with van der Waals surface area (Å²) in [6, 6.07) is 4.44. The Labute approximate surface area is 82.4 Å². The normalized spacial score (nSPS) is 12.5. The molecule has 1 aromatic rings. The highest BCUT2D eigenvalue weighted by Crippen LogP contribution is 2.21. The standard InChI is InChI=1S/C11H13FO2/c1-3-9(11(13)14)8-4-5-10(12)7(2)6-8/h4-6,9H,3H2,1-2H3,(H,13,14). The maximum atomic E-state index is 12.9. The van der Waals surface area contributed by atoms with Gasteiger partial charge in [-0.25, -0.2) is 4.39 Å². The molecule has 0 bridgehead atoms. The van der Waals surface area contributed by atoms with Gasteiger partial charge >= 0.3 is 5.97 Å². The summed E-state index contributed by atoms with van der Waals surface area (Å²) in [5.74, 6) is -1.69. The molecule has 1 N–H and O–H groups in total. The van der Waals surface area contributed by atoms with Crippen molar-refractivity contribution in [3.63, 3.8) is 0 Å². The molecule has 76 valence electrons. The zero-order chi connectivity index (χ0) is 10.7. The van der Waals surface area contributed by atoms with E-state index in [1.165, 1.54) is 12.1 Å². The van der Waals surface area contributed by atoms with E-state index < -0.39 is 11.9 Å². The minimum absolute atomic E-state index is 0.297. The van der Waals surface area contributed by atoms with Gasteiger partial charge in [0, 0.05) is 0 Å². The van der Waals surface area contributed by atoms with E-state index in [0.717, 1.165) is 0 Å². The van der Waals surface area contributed by atoms with Crippen molar-refractivity contribution in [2.75, 3.05) is 0 Å². The molecule has 1 rings (SSSR count). The van der Waals surface area contributed by atoms with E-state index in [9.17, 15) is 9.18 Å². The molecule has 14 heavy (non-hydrogen) atoms. The Morgan fingerprint density at radius 3 is 2.64 bits per heavy atom. The van der Waals surface area contributed by atoms with E-state index in [4.69, 9.17) is 5.11 Å². The minimum atomic E-state index is -0.862. The van der Waals surface area contributed by atoms with Crippen molar-refractivity contribution in [3.05, 3.63) is 35.1 Å². The second-order valence-electron chi connectivity index (χ2n) is 3.31. The molecule has 0 aliphatic rings. The summed E-state index contributed by atoms with van der Waals surface area (Å²) in [7, 11) is 0. The molecule has 3 heteroatoms. The summed E-state index contributed by atoms with van der Waals surface area (Å²) >= 11 is 0. The summed E-state index contributed by atoms with van der Waals surface area (Å²) < 4.78 is 12.9. The Hall–Kier alpha value is -1.38. The third-order valence-electron chi connectivity index (χ3n) is 2.29. The molecule has 1 atom stereocenters. The molecular weight excluding hydrogens is 183 g/mol. The lowest BCUT2D eigenvalue weighted by molar-refractivity contribution is -0.138. The minimum Gasteiger partial charge on any atom is -0.481 e. The fourth-order valence-electron chi connectivity index (χ4n) is 1.44. The zero-order valence-electron chi connectivity index (χ0n) is 8.25. The molecule has 0 amide bonds. The lowest BCUT2D eigenvalue weighted by Gasteiger charge is -2.10. The number of carboxylic acids is 1. The van der Waals surface area contributed by atoms with Crippen molar-refractivity contribution in [1.82, 2.24) is 0 Å². The van der Waals surface area contributed by atoms with Gasteiger partial charge in [0.2, 0.25) is 0 Å². The van der Waals surface area contributed by atoms with Crippen molar-refractivity contribution in [3.8, 4) is 0 Å². The van der Waals surface area contributed by atoms with Gasteiger partial charge in [0.25, 0.3) is 0 Å². The molecule has 0 heterocycles. The van der Waals surface area contributed by atoms with E-state index in [0.29, 0.717) is 17.5 Å². The monoisotopic (exact) mass is 196 g/mol. The van der Waals surface area contributed by atoms with Crippen LogP contribution in [0.25, 0.3) is 0 Å². The quantitative estimate of drug-likeness (QED) is 0.807. The summed E-state index contributed by atoms with van der Waals surface area (Å²) in [5.41, 5.74) is 1.15. The van der Waals surface area contributed by atoms with Crippen LogP contribution in [-0.4, -0.2) is 11.1 Å². The molecule has 0 radical (unpaired) electrons. The first-order chi connectivity index (χ1) is 6.56. The number of rotatable bonds is 3. The average molecular weight is 196 g/mol. The maximum Gasteiger partial charge on any atom is 0.310 e. The van der Waals surface area contributed by atoms with Crippen molar-refractivity contribution < 1.29 is 14.3 Å². The van der Waals surface area contributed by atoms with Crippen molar-refractivity contribution in [2.45, 2.75) is 26.2 Å². The molecule has 0 spiro atoms. The van der Waals surface area contributed by atoms with Gasteiger partial charge in [-0.2, -0.15) is 0 Å². The maximum absolute atomic E-state index is 12.9. The molecule has 2 nitrogen and oxygen atoms in total. The number of carbonyl (C=O) groups is 1. The number of aliphatic carboxylic acids is 1. The number of halogens is 1. The molecule has 0 fully saturated rings. The first kappa shape index (κ1) is 10.7. The summed E-state index contributed by atoms with van der Waals surface area (Å²) in [4.78, 5) is 10.8. The third-order valence-corrected chi connectivity index (χ3v) is 2.29. The van der Waals surface area contributed by atoms with Gasteiger partial charge in [0.1, 0.15) is 5.82 Å². The van der Waals surface area contributed by atoms with Crippen LogP contribution in [0.3, 0.4) is 0 Å². The van der Waals surface area contributed by atoms with Gasteiger partial charge in [-0.1, -0.05) is 19.1 Å². The van der Waals surface area contributed by atoms with Crippen LogP contribution in [0, 0.1) is 12.7 Å². The first-order valence-corrected chi connectivity index (χ1v) is 4.55. The van der Waals surface area contributed by atoms with Gasteiger partial charge in [-0.15, -0.1) is 0 Å². The highest BCUT2D eigenvalue weighted by molar-refractivity contribution is 5.76. The Kier molecular flexibility index (Phi) is 3.23. The molecule has 0 aliphatic heterocycles. The molecule has 0 saturated carbocycles. The van der Waals surface area contributed by atoms with Gasteiger partial charge in [0.05, 0.1) is 5.92 Å². The van der Waals surface area contributed by atoms with Crippen LogP contribution in [0.2, 0.25) is 0 Å². The van der Waals surface area contributed by atoms with Crippen LogP contribution >= 0.6 is 0 Å². The van der Waals surface area contributed by atoms with Crippen LogP contribution in [0.4, 0.5) is 4.39 Å². The number of carboxylic acid groups (broad SMARTS) is 1. The third kappa shape index (κ3) is 2.10. The average Bonchev–Trinajstić information content (AvgIpc) is 2.11. The summed E-state index contributed by atoms with van der Waals surface area (Å²) in [5, 5.41) is 8.89. The number of hydrogen-bond donors (Lipinski definition) is 1. The largest absolute Gasteiger partial charge is 0.481 e. The lowest BCUT2D eigenvalue weighted by Crippen LogP contribution is -2.10. The van der Waals surface area contributed by atoms with Gasteiger partial charge < -0.3 is 5.11 Å². The predicted molar refractivity (Wildman–Crippen MR) is 51.8 cm³/mol. The molecular formula is C11H13FO2. The van der Waals surface area contributed by atoms with Gasteiger partial charge in [0.15, 0.2) is 0 Å². The number of benzene rings is 1. The second-order valence-corrected chi connectivity index (χ2v) is 3.31. The molecule has 1 unspecified atom stereocenters. The Bertz CT molecular complexity index is 347. The highest BCUT2D eigenvalue weighted by atomic mass is 19.1. The lowest BCUT2D eigenvalue weighted by atomic mass is 9.95. The molecule has 0 saturated heterocycles. The second kappa shape index (κ2) is 4.22.